The minimum Gasteiger partial charge on any atom is -0.385 e. The SMILES string of the molecule is COCCCN1CCN(C2(C)CCN(c3ccc(Cl)cc3)C2=O)CC1.Cl.Cl. The Morgan fingerprint density at radius 1 is 1.07 bits per heavy atom. The number of carbonyl (C=O) groups is 1. The highest BCUT2D eigenvalue weighted by Gasteiger charge is 2.48. The summed E-state index contributed by atoms with van der Waals surface area (Å²) in [6, 6.07) is 7.55. The van der Waals surface area contributed by atoms with Crippen molar-refractivity contribution in [3.05, 3.63) is 29.3 Å². The molecule has 8 heteroatoms. The molecule has 0 saturated carbocycles. The van der Waals surface area contributed by atoms with E-state index in [9.17, 15) is 4.79 Å². The van der Waals surface area contributed by atoms with Gasteiger partial charge in [-0.15, -0.1) is 24.8 Å². The maximum Gasteiger partial charge on any atom is 0.247 e. The smallest absolute Gasteiger partial charge is 0.247 e. The molecular weight excluding hydrogens is 409 g/mol. The molecule has 2 fully saturated rings. The fraction of sp³-hybridized carbons (Fsp3) is 0.632. The molecule has 27 heavy (non-hydrogen) atoms. The third-order valence-electron chi connectivity index (χ3n) is 5.56. The van der Waals surface area contributed by atoms with E-state index < -0.39 is 5.54 Å². The van der Waals surface area contributed by atoms with Crippen LogP contribution >= 0.6 is 36.4 Å². The Bertz CT molecular complexity index is 594. The van der Waals surface area contributed by atoms with E-state index in [0.29, 0.717) is 5.02 Å². The van der Waals surface area contributed by atoms with E-state index in [1.165, 1.54) is 0 Å². The number of nitrogens with zero attached hydrogens (tertiary/aromatic N) is 3. The number of benzene rings is 1. The number of amides is 1. The van der Waals surface area contributed by atoms with Crippen LogP contribution in [0.2, 0.25) is 5.02 Å². The van der Waals surface area contributed by atoms with E-state index in [4.69, 9.17) is 16.3 Å². The van der Waals surface area contributed by atoms with E-state index in [0.717, 1.165) is 64.4 Å². The van der Waals surface area contributed by atoms with Gasteiger partial charge in [-0.1, -0.05) is 11.6 Å². The molecule has 0 aromatic heterocycles. The monoisotopic (exact) mass is 437 g/mol. The first-order valence-electron chi connectivity index (χ1n) is 9.08. The van der Waals surface area contributed by atoms with Crippen LogP contribution in [0.15, 0.2) is 24.3 Å². The van der Waals surface area contributed by atoms with Gasteiger partial charge in [-0.3, -0.25) is 9.69 Å². The van der Waals surface area contributed by atoms with Gasteiger partial charge in [-0.05, 0) is 44.0 Å². The summed E-state index contributed by atoms with van der Waals surface area (Å²) < 4.78 is 5.13. The highest BCUT2D eigenvalue weighted by molar-refractivity contribution is 6.30. The summed E-state index contributed by atoms with van der Waals surface area (Å²) in [5, 5.41) is 0.697. The fourth-order valence-corrected chi connectivity index (χ4v) is 4.01. The molecule has 1 unspecified atom stereocenters. The van der Waals surface area contributed by atoms with Crippen molar-refractivity contribution in [1.29, 1.82) is 0 Å². The Morgan fingerprint density at radius 2 is 1.70 bits per heavy atom. The van der Waals surface area contributed by atoms with Crippen LogP contribution in [-0.2, 0) is 9.53 Å². The van der Waals surface area contributed by atoms with Crippen molar-refractivity contribution in [2.45, 2.75) is 25.3 Å². The van der Waals surface area contributed by atoms with Crippen molar-refractivity contribution in [2.75, 3.05) is 57.9 Å². The molecule has 0 N–H and O–H groups in total. The van der Waals surface area contributed by atoms with Gasteiger partial charge in [-0.25, -0.2) is 0 Å². The molecule has 2 aliphatic rings. The molecule has 0 radical (unpaired) electrons. The molecular formula is C19H30Cl3N3O2. The summed E-state index contributed by atoms with van der Waals surface area (Å²) in [6.07, 6.45) is 1.94. The van der Waals surface area contributed by atoms with Gasteiger partial charge >= 0.3 is 0 Å². The molecule has 154 valence electrons. The van der Waals surface area contributed by atoms with Crippen molar-refractivity contribution in [3.63, 3.8) is 0 Å². The first-order chi connectivity index (χ1) is 12.0. The van der Waals surface area contributed by atoms with Crippen LogP contribution in [0.25, 0.3) is 0 Å². The number of hydrogen-bond acceptors (Lipinski definition) is 4. The van der Waals surface area contributed by atoms with Crippen LogP contribution in [-0.4, -0.2) is 74.2 Å². The van der Waals surface area contributed by atoms with Gasteiger partial charge < -0.3 is 14.5 Å². The highest BCUT2D eigenvalue weighted by Crippen LogP contribution is 2.33. The Labute approximate surface area is 179 Å². The molecule has 1 amide bonds. The van der Waals surface area contributed by atoms with Crippen LogP contribution in [0.5, 0.6) is 0 Å². The summed E-state index contributed by atoms with van der Waals surface area (Å²) in [7, 11) is 1.75. The highest BCUT2D eigenvalue weighted by atomic mass is 35.5. The van der Waals surface area contributed by atoms with Gasteiger partial charge in [0.1, 0.15) is 0 Å². The first-order valence-corrected chi connectivity index (χ1v) is 9.46. The van der Waals surface area contributed by atoms with Gasteiger partial charge in [0.05, 0.1) is 5.54 Å². The molecule has 0 spiro atoms. The predicted octanol–water partition coefficient (Wildman–Crippen LogP) is 3.33. The maximum atomic E-state index is 13.1. The van der Waals surface area contributed by atoms with Crippen molar-refractivity contribution < 1.29 is 9.53 Å². The van der Waals surface area contributed by atoms with E-state index in [1.54, 1.807) is 7.11 Å². The predicted molar refractivity (Wildman–Crippen MR) is 116 cm³/mol. The second kappa shape index (κ2) is 10.8. The summed E-state index contributed by atoms with van der Waals surface area (Å²) >= 11 is 5.97. The Morgan fingerprint density at radius 3 is 2.30 bits per heavy atom. The second-order valence-corrected chi connectivity index (χ2v) is 7.57. The van der Waals surface area contributed by atoms with E-state index in [2.05, 4.69) is 16.7 Å². The van der Waals surface area contributed by atoms with Crippen molar-refractivity contribution >= 4 is 48.0 Å². The lowest BCUT2D eigenvalue weighted by molar-refractivity contribution is -0.128. The van der Waals surface area contributed by atoms with Gasteiger partial charge in [0, 0.05) is 63.7 Å². The number of rotatable bonds is 6. The molecule has 0 bridgehead atoms. The van der Waals surface area contributed by atoms with E-state index >= 15 is 0 Å². The molecule has 5 nitrogen and oxygen atoms in total. The van der Waals surface area contributed by atoms with Crippen molar-refractivity contribution in [3.8, 4) is 0 Å². The third-order valence-corrected chi connectivity index (χ3v) is 5.81. The van der Waals surface area contributed by atoms with Crippen LogP contribution in [0.3, 0.4) is 0 Å². The lowest BCUT2D eigenvalue weighted by Gasteiger charge is -2.42. The van der Waals surface area contributed by atoms with Gasteiger partial charge in [0.25, 0.3) is 0 Å². The number of hydrogen-bond donors (Lipinski definition) is 0. The zero-order valence-corrected chi connectivity index (χ0v) is 18.4. The van der Waals surface area contributed by atoms with Crippen molar-refractivity contribution in [2.24, 2.45) is 0 Å². The number of ether oxygens (including phenoxy) is 1. The molecule has 1 aromatic rings. The van der Waals surface area contributed by atoms with E-state index in [-0.39, 0.29) is 30.7 Å². The standard InChI is InChI=1S/C19H28ClN3O2.2ClH/c1-19(22-13-11-21(12-14-22)9-3-15-25-2)8-10-23(18(19)24)17-6-4-16(20)5-7-17;;/h4-7H,3,8-15H2,1-2H3;2*1H. The Hall–Kier alpha value is -0.560. The van der Waals surface area contributed by atoms with Crippen molar-refractivity contribution in [1.82, 2.24) is 9.80 Å². The molecule has 3 rings (SSSR count). The van der Waals surface area contributed by atoms with Crippen LogP contribution in [0.1, 0.15) is 19.8 Å². The quantitative estimate of drug-likeness (QED) is 0.638. The van der Waals surface area contributed by atoms with Gasteiger partial charge in [0.2, 0.25) is 5.91 Å². The lowest BCUT2D eigenvalue weighted by Crippen LogP contribution is -2.59. The topological polar surface area (TPSA) is 36.0 Å². The minimum atomic E-state index is -0.391. The summed E-state index contributed by atoms with van der Waals surface area (Å²) in [4.78, 5) is 19.9. The van der Waals surface area contributed by atoms with Gasteiger partial charge in [0.15, 0.2) is 0 Å². The molecule has 2 aliphatic heterocycles. The fourth-order valence-electron chi connectivity index (χ4n) is 3.89. The molecule has 1 aromatic carbocycles. The zero-order chi connectivity index (χ0) is 17.9. The van der Waals surface area contributed by atoms with Crippen LogP contribution < -0.4 is 4.90 Å². The minimum absolute atomic E-state index is 0. The molecule has 2 saturated heterocycles. The second-order valence-electron chi connectivity index (χ2n) is 7.13. The molecule has 0 aliphatic carbocycles. The Balaban J connectivity index is 0.00000182. The summed E-state index contributed by atoms with van der Waals surface area (Å²) in [6.45, 7) is 8.70. The third kappa shape index (κ3) is 5.49. The lowest BCUT2D eigenvalue weighted by atomic mass is 9.97. The zero-order valence-electron chi connectivity index (χ0n) is 16.0. The average molecular weight is 439 g/mol. The summed E-state index contributed by atoms with van der Waals surface area (Å²) in [5.41, 5.74) is 0.550. The number of halogens is 3. The number of piperazine rings is 1. The normalized spacial score (nSPS) is 23.8. The maximum absolute atomic E-state index is 13.1. The van der Waals surface area contributed by atoms with Crippen LogP contribution in [0.4, 0.5) is 5.69 Å². The first kappa shape index (κ1) is 24.5. The average Bonchev–Trinajstić information content (AvgIpc) is 2.93. The summed E-state index contributed by atoms with van der Waals surface area (Å²) in [5.74, 6) is 0.211. The van der Waals surface area contributed by atoms with E-state index in [1.807, 2.05) is 29.2 Å². The number of carbonyl (C=O) groups excluding carboxylic acids is 1. The number of methoxy groups -OCH3 is 1. The van der Waals surface area contributed by atoms with Gasteiger partial charge in [-0.2, -0.15) is 0 Å². The largest absolute Gasteiger partial charge is 0.385 e. The Kier molecular flexibility index (Phi) is 9.83. The number of anilines is 1. The molecule has 1 atom stereocenters. The van der Waals surface area contributed by atoms with Crippen LogP contribution in [0, 0.1) is 0 Å². The molecule has 2 heterocycles.